The number of aliphatic hydroxyl groups excluding tert-OH is 1. The van der Waals surface area contributed by atoms with Gasteiger partial charge in [-0.25, -0.2) is 9.59 Å². The fraction of sp³-hybridized carbons (Fsp3) is 0.700. The lowest BCUT2D eigenvalue weighted by Gasteiger charge is -2.41. The van der Waals surface area contributed by atoms with E-state index in [1.54, 1.807) is 10.6 Å². The number of fused-ring (bicyclic) bond motifs is 3. The predicted molar refractivity (Wildman–Crippen MR) is 156 cm³/mol. The van der Waals surface area contributed by atoms with Gasteiger partial charge < -0.3 is 24.9 Å². The van der Waals surface area contributed by atoms with Gasteiger partial charge in [-0.15, -0.1) is 4.73 Å². The fourth-order valence-corrected chi connectivity index (χ4v) is 7.42. The van der Waals surface area contributed by atoms with E-state index in [0.29, 0.717) is 38.3 Å². The standard InChI is InChI=1S/C30H44N6O6/c1-20(2)35-25-6-3-4-7-26(25)36(30(35)40)42-29(39)31-21-16-22-9-10-23(17-21)34(22)19-24(37)18-32-11-13-33(14-12-32)28(38)27-8-5-15-41-27/h3-4,6-7,20-24,27,37H,5,8-19H2,1-2H3,(H,31,39)/t21-,22-,23+,24-,27-/m0/s1. The molecule has 6 rings (SSSR count). The maximum Gasteiger partial charge on any atom is 0.432 e. The Labute approximate surface area is 246 Å². The van der Waals surface area contributed by atoms with Crippen LogP contribution in [0.1, 0.15) is 58.4 Å². The smallest absolute Gasteiger partial charge is 0.390 e. The third kappa shape index (κ3) is 5.95. The molecule has 1 aromatic heterocycles. The van der Waals surface area contributed by atoms with Gasteiger partial charge in [0.25, 0.3) is 5.91 Å². The van der Waals surface area contributed by atoms with Crippen LogP contribution in [0.2, 0.25) is 0 Å². The van der Waals surface area contributed by atoms with Crippen molar-refractivity contribution >= 4 is 23.0 Å². The molecule has 2 amide bonds. The molecule has 0 aliphatic carbocycles. The van der Waals surface area contributed by atoms with E-state index in [4.69, 9.17) is 9.57 Å². The number of rotatable bonds is 8. The van der Waals surface area contributed by atoms with Crippen molar-refractivity contribution in [2.75, 3.05) is 45.9 Å². The van der Waals surface area contributed by atoms with Crippen molar-refractivity contribution < 1.29 is 24.3 Å². The number of hydrogen-bond acceptors (Lipinski definition) is 8. The maximum absolute atomic E-state index is 13.0. The maximum atomic E-state index is 13.0. The Hall–Kier alpha value is -2.93. The Morgan fingerprint density at radius 3 is 2.36 bits per heavy atom. The quantitative estimate of drug-likeness (QED) is 0.475. The number of nitrogens with one attached hydrogen (secondary N) is 1. The average molecular weight is 585 g/mol. The lowest BCUT2D eigenvalue weighted by molar-refractivity contribution is -0.142. The number of ether oxygens (including phenoxy) is 1. The lowest BCUT2D eigenvalue weighted by Crippen LogP contribution is -2.55. The van der Waals surface area contributed by atoms with E-state index in [1.807, 2.05) is 36.9 Å². The summed E-state index contributed by atoms with van der Waals surface area (Å²) in [6.45, 7) is 8.58. The lowest BCUT2D eigenvalue weighted by atomic mass is 9.97. The van der Waals surface area contributed by atoms with Crippen LogP contribution in [0, 0.1) is 0 Å². The number of benzene rings is 1. The zero-order valence-electron chi connectivity index (χ0n) is 24.7. The average Bonchev–Trinajstić information content (AvgIpc) is 3.65. The van der Waals surface area contributed by atoms with Crippen LogP contribution in [0.5, 0.6) is 0 Å². The highest BCUT2D eigenvalue weighted by Crippen LogP contribution is 2.36. The van der Waals surface area contributed by atoms with Gasteiger partial charge in [-0.1, -0.05) is 12.1 Å². The number of β-amino-alcohol motifs (C(OH)–C–C–N with tert-alkyl or cyclic N) is 1. The van der Waals surface area contributed by atoms with E-state index in [0.717, 1.165) is 61.9 Å². The van der Waals surface area contributed by atoms with Crippen LogP contribution in [0.15, 0.2) is 29.1 Å². The minimum absolute atomic E-state index is 0.0491. The Morgan fingerprint density at radius 1 is 1.02 bits per heavy atom. The van der Waals surface area contributed by atoms with Gasteiger partial charge in [0.2, 0.25) is 0 Å². The van der Waals surface area contributed by atoms with E-state index in [9.17, 15) is 19.5 Å². The number of carbonyl (C=O) groups is 2. The van der Waals surface area contributed by atoms with Gasteiger partial charge >= 0.3 is 11.8 Å². The number of amides is 2. The molecule has 0 radical (unpaired) electrons. The number of nitrogens with zero attached hydrogens (tertiary/aromatic N) is 5. The molecular weight excluding hydrogens is 540 g/mol. The van der Waals surface area contributed by atoms with Crippen LogP contribution in [-0.4, -0.2) is 117 Å². The van der Waals surface area contributed by atoms with Crippen molar-refractivity contribution in [1.82, 2.24) is 29.3 Å². The van der Waals surface area contributed by atoms with E-state index < -0.39 is 12.2 Å². The molecular formula is C30H44N6O6. The number of imidazole rings is 1. The van der Waals surface area contributed by atoms with Crippen LogP contribution in [0.25, 0.3) is 11.0 Å². The van der Waals surface area contributed by atoms with Crippen molar-refractivity contribution in [3.8, 4) is 0 Å². The van der Waals surface area contributed by atoms with Crippen LogP contribution in [0.3, 0.4) is 0 Å². The van der Waals surface area contributed by atoms with Gasteiger partial charge in [-0.05, 0) is 64.5 Å². The van der Waals surface area contributed by atoms with Crippen molar-refractivity contribution in [3.05, 3.63) is 34.7 Å². The summed E-state index contributed by atoms with van der Waals surface area (Å²) in [6, 6.07) is 7.76. The van der Waals surface area contributed by atoms with E-state index >= 15 is 0 Å². The van der Waals surface area contributed by atoms with Gasteiger partial charge in [0.1, 0.15) is 11.6 Å². The van der Waals surface area contributed by atoms with Crippen molar-refractivity contribution in [2.24, 2.45) is 0 Å². The molecule has 0 saturated carbocycles. The molecule has 0 unspecified atom stereocenters. The molecule has 2 aromatic rings. The second-order valence-electron chi connectivity index (χ2n) is 12.6. The summed E-state index contributed by atoms with van der Waals surface area (Å²) in [5.41, 5.74) is 0.913. The first-order valence-corrected chi connectivity index (χ1v) is 15.6. The van der Waals surface area contributed by atoms with Crippen molar-refractivity contribution in [3.63, 3.8) is 0 Å². The van der Waals surface area contributed by atoms with E-state index in [2.05, 4.69) is 15.1 Å². The van der Waals surface area contributed by atoms with E-state index in [-0.39, 0.29) is 41.9 Å². The second-order valence-corrected chi connectivity index (χ2v) is 12.6. The van der Waals surface area contributed by atoms with Gasteiger partial charge in [0.15, 0.2) is 0 Å². The molecule has 5 heterocycles. The largest absolute Gasteiger partial charge is 0.432 e. The molecule has 0 spiro atoms. The van der Waals surface area contributed by atoms with E-state index in [1.165, 1.54) is 0 Å². The zero-order chi connectivity index (χ0) is 29.4. The molecule has 2 bridgehead atoms. The van der Waals surface area contributed by atoms with Crippen molar-refractivity contribution in [2.45, 2.75) is 88.7 Å². The molecule has 12 heteroatoms. The molecule has 12 nitrogen and oxygen atoms in total. The van der Waals surface area contributed by atoms with Crippen LogP contribution in [-0.2, 0) is 9.53 Å². The molecule has 5 atom stereocenters. The van der Waals surface area contributed by atoms with Gasteiger partial charge in [-0.2, -0.15) is 0 Å². The fourth-order valence-electron chi connectivity index (χ4n) is 7.42. The van der Waals surface area contributed by atoms with Gasteiger partial charge in [0.05, 0.1) is 11.6 Å². The SMILES string of the molecule is CC(C)n1c(=O)n(OC(=O)N[C@@H]2C[C@H]3CC[C@@H](C2)N3C[C@@H](O)CN2CCN(C(=O)[C@@H]3CCCO3)CC2)c2ccccc21. The van der Waals surface area contributed by atoms with Crippen LogP contribution < -0.4 is 15.8 Å². The Morgan fingerprint density at radius 2 is 1.71 bits per heavy atom. The first-order chi connectivity index (χ1) is 20.3. The summed E-state index contributed by atoms with van der Waals surface area (Å²) in [5.74, 6) is 0.110. The summed E-state index contributed by atoms with van der Waals surface area (Å²) in [4.78, 5) is 50.7. The second kappa shape index (κ2) is 12.4. The summed E-state index contributed by atoms with van der Waals surface area (Å²) in [5, 5.41) is 14.0. The molecule has 2 N–H and O–H groups in total. The van der Waals surface area contributed by atoms with Crippen LogP contribution in [0.4, 0.5) is 4.79 Å². The molecule has 4 fully saturated rings. The number of hydrogen-bond donors (Lipinski definition) is 2. The Balaban J connectivity index is 0.979. The molecule has 4 saturated heterocycles. The molecule has 230 valence electrons. The molecule has 4 aliphatic heterocycles. The summed E-state index contributed by atoms with van der Waals surface area (Å²) >= 11 is 0. The highest BCUT2D eigenvalue weighted by Gasteiger charge is 2.42. The Kier molecular flexibility index (Phi) is 8.58. The molecule has 4 aliphatic rings. The van der Waals surface area contributed by atoms with Gasteiger partial charge in [0, 0.05) is 70.0 Å². The first-order valence-electron chi connectivity index (χ1n) is 15.6. The summed E-state index contributed by atoms with van der Waals surface area (Å²) in [6.07, 6.45) is 4.03. The number of carbonyl (C=O) groups excluding carboxylic acids is 2. The van der Waals surface area contributed by atoms with Crippen molar-refractivity contribution in [1.29, 1.82) is 0 Å². The summed E-state index contributed by atoms with van der Waals surface area (Å²) < 4.78 is 8.27. The topological polar surface area (TPSA) is 122 Å². The highest BCUT2D eigenvalue weighted by atomic mass is 16.7. The Bertz CT molecular complexity index is 1310. The van der Waals surface area contributed by atoms with Gasteiger partial charge in [-0.3, -0.25) is 19.2 Å². The predicted octanol–water partition coefficient (Wildman–Crippen LogP) is 1.20. The number of aliphatic hydroxyl groups is 1. The zero-order valence-corrected chi connectivity index (χ0v) is 24.7. The minimum atomic E-state index is -0.626. The molecule has 1 aromatic carbocycles. The molecule has 42 heavy (non-hydrogen) atoms. The summed E-state index contributed by atoms with van der Waals surface area (Å²) in [7, 11) is 0. The normalized spacial score (nSPS) is 27.6. The monoisotopic (exact) mass is 584 g/mol. The number of piperazine rings is 1. The third-order valence-corrected chi connectivity index (χ3v) is 9.42. The highest BCUT2D eigenvalue weighted by molar-refractivity contribution is 5.81. The number of para-hydroxylation sites is 2. The number of aromatic nitrogens is 2. The number of piperidine rings is 1. The third-order valence-electron chi connectivity index (χ3n) is 9.42. The first kappa shape index (κ1) is 29.2. The minimum Gasteiger partial charge on any atom is -0.390 e. The van der Waals surface area contributed by atoms with Crippen LogP contribution >= 0.6 is 0 Å².